The molecule has 1 aromatic heterocycles. The molecule has 7 heteroatoms. The number of carboxylic acid groups (broad SMARTS) is 1. The van der Waals surface area contributed by atoms with Gasteiger partial charge >= 0.3 is 5.97 Å². The van der Waals surface area contributed by atoms with Gasteiger partial charge in [-0.15, -0.1) is 0 Å². The van der Waals surface area contributed by atoms with Crippen molar-refractivity contribution in [1.82, 2.24) is 5.32 Å². The van der Waals surface area contributed by atoms with Gasteiger partial charge in [0, 0.05) is 16.8 Å². The fourth-order valence-electron chi connectivity index (χ4n) is 2.40. The summed E-state index contributed by atoms with van der Waals surface area (Å²) in [5.41, 5.74) is 2.89. The summed E-state index contributed by atoms with van der Waals surface area (Å²) < 4.78 is 5.29. The van der Waals surface area contributed by atoms with Gasteiger partial charge in [-0.3, -0.25) is 10.1 Å². The van der Waals surface area contributed by atoms with Gasteiger partial charge in [-0.1, -0.05) is 29.8 Å². The molecule has 2 aromatic carbocycles. The minimum atomic E-state index is -1.13. The van der Waals surface area contributed by atoms with Gasteiger partial charge in [-0.25, -0.2) is 4.79 Å². The van der Waals surface area contributed by atoms with Crippen molar-refractivity contribution < 1.29 is 19.1 Å². The first-order valence-electron chi connectivity index (χ1n) is 8.05. The van der Waals surface area contributed by atoms with Gasteiger partial charge in [-0.05, 0) is 55.5 Å². The number of carbonyl (C=O) groups is 2. The summed E-state index contributed by atoms with van der Waals surface area (Å²) in [5.74, 6) is -1.15. The predicted molar refractivity (Wildman–Crippen MR) is 106 cm³/mol. The van der Waals surface area contributed by atoms with E-state index >= 15 is 0 Å². The molecule has 3 rings (SSSR count). The Morgan fingerprint density at radius 2 is 1.78 bits per heavy atom. The lowest BCUT2D eigenvalue weighted by Gasteiger charge is -2.10. The zero-order valence-corrected chi connectivity index (χ0v) is 15.2. The number of furan rings is 1. The molecule has 3 N–H and O–H groups in total. The maximum absolute atomic E-state index is 12.2. The van der Waals surface area contributed by atoms with Crippen molar-refractivity contribution in [1.29, 1.82) is 0 Å². The Bertz CT molecular complexity index is 1010. The fourth-order valence-corrected chi connectivity index (χ4v) is 2.61. The van der Waals surface area contributed by atoms with Crippen LogP contribution in [0, 0.1) is 6.92 Å². The second kappa shape index (κ2) is 7.84. The van der Waals surface area contributed by atoms with E-state index in [4.69, 9.17) is 21.7 Å². The molecule has 3 aromatic rings. The van der Waals surface area contributed by atoms with E-state index < -0.39 is 5.97 Å². The fraction of sp³-hybridized carbons (Fsp3) is 0.0500. The number of nitrogens with one attached hydrogen (secondary N) is 2. The predicted octanol–water partition coefficient (Wildman–Crippen LogP) is 4.08. The number of amides is 1. The van der Waals surface area contributed by atoms with Crippen LogP contribution in [-0.2, 0) is 0 Å². The third-order valence-electron chi connectivity index (χ3n) is 3.76. The molecule has 0 bridgehead atoms. The first kappa shape index (κ1) is 18.3. The summed E-state index contributed by atoms with van der Waals surface area (Å²) in [5, 5.41) is 14.7. The monoisotopic (exact) mass is 380 g/mol. The SMILES string of the molecule is Cc1ccc(C(=O)NC(=S)Nc2cccc(-c3ccc(C(=O)O)o3)c2)cc1. The number of aromatic carboxylic acids is 1. The van der Waals surface area contributed by atoms with Gasteiger partial charge in [0.15, 0.2) is 5.11 Å². The van der Waals surface area contributed by atoms with Crippen molar-refractivity contribution in [3.05, 3.63) is 77.6 Å². The Hall–Kier alpha value is -3.45. The lowest BCUT2D eigenvalue weighted by Crippen LogP contribution is -2.34. The normalized spacial score (nSPS) is 10.3. The van der Waals surface area contributed by atoms with E-state index in [1.54, 1.807) is 42.5 Å². The zero-order valence-electron chi connectivity index (χ0n) is 14.4. The van der Waals surface area contributed by atoms with E-state index in [0.717, 1.165) is 5.56 Å². The van der Waals surface area contributed by atoms with Crippen LogP contribution >= 0.6 is 12.2 Å². The second-order valence-electron chi connectivity index (χ2n) is 5.82. The zero-order chi connectivity index (χ0) is 19.4. The van der Waals surface area contributed by atoms with Crippen molar-refractivity contribution in [2.45, 2.75) is 6.92 Å². The smallest absolute Gasteiger partial charge is 0.371 e. The van der Waals surface area contributed by atoms with Crippen LogP contribution in [-0.4, -0.2) is 22.1 Å². The molecule has 27 heavy (non-hydrogen) atoms. The molecule has 0 fully saturated rings. The summed E-state index contributed by atoms with van der Waals surface area (Å²) in [6.07, 6.45) is 0. The Labute approximate surface area is 160 Å². The van der Waals surface area contributed by atoms with Crippen LogP contribution in [0.3, 0.4) is 0 Å². The quantitative estimate of drug-likeness (QED) is 0.591. The van der Waals surface area contributed by atoms with Gasteiger partial charge in [0.2, 0.25) is 5.76 Å². The van der Waals surface area contributed by atoms with E-state index in [0.29, 0.717) is 22.6 Å². The van der Waals surface area contributed by atoms with E-state index in [9.17, 15) is 9.59 Å². The number of carbonyl (C=O) groups excluding carboxylic acids is 1. The van der Waals surface area contributed by atoms with Crippen LogP contribution in [0.5, 0.6) is 0 Å². The molecule has 1 heterocycles. The van der Waals surface area contributed by atoms with Crippen molar-refractivity contribution in [3.63, 3.8) is 0 Å². The van der Waals surface area contributed by atoms with Gasteiger partial charge in [0.05, 0.1) is 0 Å². The summed E-state index contributed by atoms with van der Waals surface area (Å²) in [6.45, 7) is 1.94. The van der Waals surface area contributed by atoms with Crippen LogP contribution in [0.15, 0.2) is 65.1 Å². The Balaban J connectivity index is 1.68. The minimum Gasteiger partial charge on any atom is -0.475 e. The van der Waals surface area contributed by atoms with Gasteiger partial charge in [0.1, 0.15) is 5.76 Å². The van der Waals surface area contributed by atoms with Crippen molar-refractivity contribution in [3.8, 4) is 11.3 Å². The van der Waals surface area contributed by atoms with Crippen LogP contribution in [0.2, 0.25) is 0 Å². The third kappa shape index (κ3) is 4.59. The Morgan fingerprint density at radius 1 is 1.04 bits per heavy atom. The number of thiocarbonyl (C=S) groups is 1. The van der Waals surface area contributed by atoms with Gasteiger partial charge in [-0.2, -0.15) is 0 Å². The van der Waals surface area contributed by atoms with E-state index in [1.165, 1.54) is 6.07 Å². The van der Waals surface area contributed by atoms with E-state index in [1.807, 2.05) is 19.1 Å². The molecule has 0 spiro atoms. The number of aryl methyl sites for hydroxylation is 1. The number of hydrogen-bond acceptors (Lipinski definition) is 4. The number of carboxylic acids is 1. The highest BCUT2D eigenvalue weighted by Gasteiger charge is 2.11. The van der Waals surface area contributed by atoms with Gasteiger partial charge < -0.3 is 14.8 Å². The highest BCUT2D eigenvalue weighted by atomic mass is 32.1. The van der Waals surface area contributed by atoms with Crippen LogP contribution in [0.1, 0.15) is 26.5 Å². The molecule has 0 aliphatic heterocycles. The summed E-state index contributed by atoms with van der Waals surface area (Å²) >= 11 is 5.19. The van der Waals surface area contributed by atoms with E-state index in [-0.39, 0.29) is 16.8 Å². The molecule has 136 valence electrons. The molecular formula is C20H16N2O4S. The van der Waals surface area contributed by atoms with Crippen molar-refractivity contribution in [2.24, 2.45) is 0 Å². The number of anilines is 1. The van der Waals surface area contributed by atoms with Gasteiger partial charge in [0.25, 0.3) is 5.91 Å². The average molecular weight is 380 g/mol. The molecule has 0 saturated carbocycles. The second-order valence-corrected chi connectivity index (χ2v) is 6.23. The number of rotatable bonds is 4. The molecule has 6 nitrogen and oxygen atoms in total. The first-order valence-corrected chi connectivity index (χ1v) is 8.46. The van der Waals surface area contributed by atoms with E-state index in [2.05, 4.69) is 10.6 Å². The molecule has 0 aliphatic rings. The third-order valence-corrected chi connectivity index (χ3v) is 3.97. The summed E-state index contributed by atoms with van der Waals surface area (Å²) in [7, 11) is 0. The summed E-state index contributed by atoms with van der Waals surface area (Å²) in [4.78, 5) is 23.1. The standard InChI is InChI=1S/C20H16N2O4S/c1-12-5-7-13(8-6-12)18(23)22-20(27)21-15-4-2-3-14(11-15)16-9-10-17(26-16)19(24)25/h2-11H,1H3,(H,24,25)(H2,21,22,23,27). The number of hydrogen-bond donors (Lipinski definition) is 3. The minimum absolute atomic E-state index is 0.135. The topological polar surface area (TPSA) is 91.6 Å². The molecule has 0 atom stereocenters. The lowest BCUT2D eigenvalue weighted by molar-refractivity contribution is 0.0663. The molecular weight excluding hydrogens is 364 g/mol. The average Bonchev–Trinajstić information content (AvgIpc) is 3.13. The highest BCUT2D eigenvalue weighted by Crippen LogP contribution is 2.25. The van der Waals surface area contributed by atoms with Crippen LogP contribution in [0.25, 0.3) is 11.3 Å². The summed E-state index contributed by atoms with van der Waals surface area (Å²) in [6, 6.07) is 17.2. The van der Waals surface area contributed by atoms with Crippen LogP contribution < -0.4 is 10.6 Å². The van der Waals surface area contributed by atoms with Crippen molar-refractivity contribution in [2.75, 3.05) is 5.32 Å². The van der Waals surface area contributed by atoms with Crippen LogP contribution in [0.4, 0.5) is 5.69 Å². The molecule has 0 radical (unpaired) electrons. The highest BCUT2D eigenvalue weighted by molar-refractivity contribution is 7.80. The maximum atomic E-state index is 12.2. The Morgan fingerprint density at radius 3 is 2.44 bits per heavy atom. The van der Waals surface area contributed by atoms with Crippen molar-refractivity contribution >= 4 is 34.9 Å². The Kier molecular flexibility index (Phi) is 5.33. The maximum Gasteiger partial charge on any atom is 0.371 e. The molecule has 0 aliphatic carbocycles. The molecule has 0 unspecified atom stereocenters. The number of benzene rings is 2. The molecule has 1 amide bonds. The first-order chi connectivity index (χ1) is 12.9. The molecule has 0 saturated heterocycles. The largest absolute Gasteiger partial charge is 0.475 e. The lowest BCUT2D eigenvalue weighted by atomic mass is 10.1.